The molecule has 1 heterocycles. The minimum Gasteiger partial charge on any atom is -0.490 e. The van der Waals surface area contributed by atoms with Crippen LogP contribution in [0.4, 0.5) is 5.69 Å². The summed E-state index contributed by atoms with van der Waals surface area (Å²) < 4.78 is 39.8. The summed E-state index contributed by atoms with van der Waals surface area (Å²) in [6.07, 6.45) is 6.04. The number of hydrogen-bond donors (Lipinski definition) is 2. The molecule has 8 nitrogen and oxygen atoms in total. The molecule has 1 aliphatic heterocycles. The van der Waals surface area contributed by atoms with E-state index < -0.39 is 9.84 Å². The van der Waals surface area contributed by atoms with E-state index in [2.05, 4.69) is 15.6 Å². The van der Waals surface area contributed by atoms with Crippen LogP contribution in [0.25, 0.3) is 0 Å². The van der Waals surface area contributed by atoms with Crippen LogP contribution in [-0.2, 0) is 14.6 Å². The fourth-order valence-corrected chi connectivity index (χ4v) is 3.60. The van der Waals surface area contributed by atoms with Gasteiger partial charge in [0.15, 0.2) is 17.5 Å². The van der Waals surface area contributed by atoms with Crippen LogP contribution in [0.2, 0.25) is 0 Å². The van der Waals surface area contributed by atoms with Gasteiger partial charge in [-0.1, -0.05) is 0 Å². The van der Waals surface area contributed by atoms with E-state index in [-0.39, 0.29) is 29.7 Å². The molecule has 1 fully saturated rings. The summed E-state index contributed by atoms with van der Waals surface area (Å²) in [6.45, 7) is 3.99. The molecule has 0 unspecified atom stereocenters. The van der Waals surface area contributed by atoms with Crippen molar-refractivity contribution in [1.29, 1.82) is 0 Å². The van der Waals surface area contributed by atoms with Gasteiger partial charge in [-0.05, 0) is 43.7 Å². The molecule has 176 valence electrons. The average molecular weight is 567 g/mol. The van der Waals surface area contributed by atoms with Crippen molar-refractivity contribution in [2.24, 2.45) is 10.9 Å². The van der Waals surface area contributed by atoms with E-state index in [1.807, 2.05) is 18.2 Å². The second kappa shape index (κ2) is 13.3. The Morgan fingerprint density at radius 1 is 1.19 bits per heavy atom. The maximum Gasteiger partial charge on any atom is 0.195 e. The van der Waals surface area contributed by atoms with Gasteiger partial charge in [-0.2, -0.15) is 0 Å². The highest BCUT2D eigenvalue weighted by atomic mass is 127. The molecule has 0 spiro atoms. The van der Waals surface area contributed by atoms with Gasteiger partial charge in [0.2, 0.25) is 0 Å². The van der Waals surface area contributed by atoms with E-state index in [4.69, 9.17) is 14.2 Å². The molecule has 1 saturated carbocycles. The number of rotatable bonds is 11. The molecule has 10 heteroatoms. The predicted octanol–water partition coefficient (Wildman–Crippen LogP) is 3.07. The lowest BCUT2D eigenvalue weighted by molar-refractivity contribution is 0.123. The number of nitrogens with zero attached hydrogens (tertiary/aromatic N) is 1. The lowest BCUT2D eigenvalue weighted by Crippen LogP contribution is -2.32. The summed E-state index contributed by atoms with van der Waals surface area (Å²) in [4.78, 5) is 4.53. The van der Waals surface area contributed by atoms with Gasteiger partial charge >= 0.3 is 0 Å². The Labute approximate surface area is 202 Å². The molecule has 1 aliphatic carbocycles. The van der Waals surface area contributed by atoms with Crippen LogP contribution in [0.5, 0.6) is 11.5 Å². The number of aliphatic imine (C=N–C) groups is 1. The molecule has 0 atom stereocenters. The maximum atomic E-state index is 11.3. The molecule has 1 aromatic rings. The molecule has 31 heavy (non-hydrogen) atoms. The summed E-state index contributed by atoms with van der Waals surface area (Å²) in [6, 6.07) is 5.70. The number of guanidine groups is 1. The molecule has 0 aromatic heterocycles. The fraction of sp³-hybridized carbons (Fsp3) is 0.667. The molecule has 0 radical (unpaired) electrons. The fourth-order valence-electron chi connectivity index (χ4n) is 2.95. The first-order valence-corrected chi connectivity index (χ1v) is 12.8. The van der Waals surface area contributed by atoms with E-state index in [0.717, 1.165) is 43.4 Å². The average Bonchev–Trinajstić information content (AvgIpc) is 3.53. The second-order valence-corrected chi connectivity index (χ2v) is 10.1. The Morgan fingerprint density at radius 2 is 1.97 bits per heavy atom. The van der Waals surface area contributed by atoms with Crippen LogP contribution >= 0.6 is 24.0 Å². The monoisotopic (exact) mass is 567 g/mol. The van der Waals surface area contributed by atoms with E-state index in [1.54, 1.807) is 0 Å². The molecule has 1 aromatic carbocycles. The molecule has 2 aliphatic rings. The molecule has 3 rings (SSSR count). The van der Waals surface area contributed by atoms with Crippen molar-refractivity contribution < 1.29 is 22.6 Å². The lowest BCUT2D eigenvalue weighted by atomic mass is 10.2. The third kappa shape index (κ3) is 10.7. The van der Waals surface area contributed by atoms with Gasteiger partial charge in [-0.15, -0.1) is 24.0 Å². The number of benzene rings is 1. The Hall–Kier alpha value is -1.27. The summed E-state index contributed by atoms with van der Waals surface area (Å²) in [5.74, 6) is 2.96. The number of anilines is 1. The quantitative estimate of drug-likeness (QED) is 0.184. The number of hydrogen-bond acceptors (Lipinski definition) is 6. The Kier molecular flexibility index (Phi) is 11.2. The molecule has 0 amide bonds. The zero-order chi connectivity index (χ0) is 21.2. The van der Waals surface area contributed by atoms with Crippen LogP contribution in [0, 0.1) is 5.92 Å². The zero-order valence-corrected chi connectivity index (χ0v) is 21.2. The smallest absolute Gasteiger partial charge is 0.195 e. The van der Waals surface area contributed by atoms with Gasteiger partial charge in [0.25, 0.3) is 0 Å². The summed E-state index contributed by atoms with van der Waals surface area (Å²) in [7, 11) is -2.98. The van der Waals surface area contributed by atoms with Crippen molar-refractivity contribution in [3.63, 3.8) is 0 Å². The largest absolute Gasteiger partial charge is 0.490 e. The first-order valence-electron chi connectivity index (χ1n) is 10.7. The van der Waals surface area contributed by atoms with Gasteiger partial charge in [-0.3, -0.25) is 4.99 Å². The first-order chi connectivity index (χ1) is 14.5. The lowest BCUT2D eigenvalue weighted by Gasteiger charge is -2.15. The van der Waals surface area contributed by atoms with E-state index in [0.29, 0.717) is 44.4 Å². The predicted molar refractivity (Wildman–Crippen MR) is 134 cm³/mol. The second-order valence-electron chi connectivity index (χ2n) is 7.85. The number of ether oxygens (including phenoxy) is 3. The highest BCUT2D eigenvalue weighted by molar-refractivity contribution is 14.0. The SMILES string of the molecule is CS(=O)(=O)CCCN=C(NCCCOCC1CC1)Nc1ccc2c(c1)OCCCO2.I. The van der Waals surface area contributed by atoms with Crippen molar-refractivity contribution in [1.82, 2.24) is 5.32 Å². The number of sulfone groups is 1. The molecular formula is C21H34IN3O5S. The van der Waals surface area contributed by atoms with Gasteiger partial charge in [-0.25, -0.2) is 8.42 Å². The summed E-state index contributed by atoms with van der Waals surface area (Å²) in [5, 5.41) is 6.58. The van der Waals surface area contributed by atoms with Crippen LogP contribution in [0.1, 0.15) is 32.1 Å². The minimum atomic E-state index is -2.98. The third-order valence-corrected chi connectivity index (χ3v) is 5.79. The number of halogens is 1. The highest BCUT2D eigenvalue weighted by Crippen LogP contribution is 2.32. The highest BCUT2D eigenvalue weighted by Gasteiger charge is 2.20. The minimum absolute atomic E-state index is 0. The van der Waals surface area contributed by atoms with Crippen LogP contribution < -0.4 is 20.1 Å². The van der Waals surface area contributed by atoms with Crippen molar-refractivity contribution in [3.8, 4) is 11.5 Å². The van der Waals surface area contributed by atoms with Crippen molar-refractivity contribution in [2.45, 2.75) is 32.1 Å². The van der Waals surface area contributed by atoms with Crippen molar-refractivity contribution in [2.75, 3.05) is 56.8 Å². The Morgan fingerprint density at radius 3 is 2.71 bits per heavy atom. The normalized spacial score (nSPS) is 16.2. The topological polar surface area (TPSA) is 98.3 Å². The van der Waals surface area contributed by atoms with Crippen LogP contribution in [0.3, 0.4) is 0 Å². The molecular weight excluding hydrogens is 533 g/mol. The van der Waals surface area contributed by atoms with Gasteiger partial charge < -0.3 is 24.8 Å². The van der Waals surface area contributed by atoms with Crippen molar-refractivity contribution in [3.05, 3.63) is 18.2 Å². The molecule has 2 N–H and O–H groups in total. The van der Waals surface area contributed by atoms with E-state index in [1.165, 1.54) is 19.1 Å². The molecule has 0 saturated heterocycles. The number of nitrogens with one attached hydrogen (secondary N) is 2. The Bertz CT molecular complexity index is 815. The van der Waals surface area contributed by atoms with Gasteiger partial charge in [0.1, 0.15) is 9.84 Å². The van der Waals surface area contributed by atoms with Gasteiger partial charge in [0.05, 0.1) is 19.0 Å². The standard InChI is InChI=1S/C21H33N3O5S.HI/c1-30(25,26)14-3-10-23-21(22-9-2-11-27-16-17-5-6-17)24-18-7-8-19-20(15-18)29-13-4-12-28-19;/h7-8,15,17H,2-6,9-14,16H2,1H3,(H2,22,23,24);1H. The van der Waals surface area contributed by atoms with E-state index in [9.17, 15) is 8.42 Å². The van der Waals surface area contributed by atoms with Crippen molar-refractivity contribution >= 4 is 45.5 Å². The van der Waals surface area contributed by atoms with E-state index >= 15 is 0 Å². The first kappa shape index (κ1) is 26.0. The number of fused-ring (bicyclic) bond motifs is 1. The zero-order valence-electron chi connectivity index (χ0n) is 18.1. The Balaban J connectivity index is 0.00000341. The van der Waals surface area contributed by atoms with Crippen LogP contribution in [-0.4, -0.2) is 65.9 Å². The summed E-state index contributed by atoms with van der Waals surface area (Å²) in [5.41, 5.74) is 0.832. The van der Waals surface area contributed by atoms with Crippen LogP contribution in [0.15, 0.2) is 23.2 Å². The third-order valence-electron chi connectivity index (χ3n) is 4.76. The maximum absolute atomic E-state index is 11.3. The van der Waals surface area contributed by atoms with Gasteiger partial charge in [0, 0.05) is 50.7 Å². The molecule has 0 bridgehead atoms. The summed E-state index contributed by atoms with van der Waals surface area (Å²) >= 11 is 0.